The summed E-state index contributed by atoms with van der Waals surface area (Å²) in [5, 5.41) is 20.3. The molecule has 2 aromatic rings. The number of ether oxygens (including phenoxy) is 1. The van der Waals surface area contributed by atoms with Gasteiger partial charge in [0.15, 0.2) is 3.92 Å². The average Bonchev–Trinajstić information content (AvgIpc) is 2.75. The molecule has 0 amide bonds. The van der Waals surface area contributed by atoms with Crippen LogP contribution in [0.25, 0.3) is 0 Å². The first kappa shape index (κ1) is 11.8. The van der Waals surface area contributed by atoms with E-state index in [4.69, 9.17) is 10.00 Å². The van der Waals surface area contributed by atoms with Crippen molar-refractivity contribution in [2.24, 2.45) is 0 Å². The van der Waals surface area contributed by atoms with Gasteiger partial charge in [0, 0.05) is 6.07 Å². The van der Waals surface area contributed by atoms with Gasteiger partial charge in [-0.05, 0) is 28.1 Å². The third-order valence-electron chi connectivity index (χ3n) is 1.97. The van der Waals surface area contributed by atoms with Crippen molar-refractivity contribution in [1.29, 1.82) is 5.26 Å². The van der Waals surface area contributed by atoms with Crippen molar-refractivity contribution in [1.82, 2.24) is 10.2 Å². The van der Waals surface area contributed by atoms with Crippen LogP contribution >= 0.6 is 27.3 Å². The highest BCUT2D eigenvalue weighted by Gasteiger charge is 2.07. The number of nitrogens with one attached hydrogen (secondary N) is 1. The maximum Gasteiger partial charge on any atom is 0.211 e. The molecule has 1 aromatic carbocycles. The molecule has 0 radical (unpaired) electrons. The molecule has 0 saturated heterocycles. The number of hydrogen-bond acceptors (Lipinski definition) is 6. The Kier molecular flexibility index (Phi) is 3.56. The summed E-state index contributed by atoms with van der Waals surface area (Å²) in [5.74, 6) is 0.593. The molecule has 0 bridgehead atoms. The third kappa shape index (κ3) is 2.72. The monoisotopic (exact) mass is 310 g/mol. The van der Waals surface area contributed by atoms with E-state index in [1.165, 1.54) is 11.3 Å². The van der Waals surface area contributed by atoms with Gasteiger partial charge in [0.25, 0.3) is 0 Å². The molecule has 0 unspecified atom stereocenters. The van der Waals surface area contributed by atoms with E-state index >= 15 is 0 Å². The van der Waals surface area contributed by atoms with E-state index in [2.05, 4.69) is 37.5 Å². The Morgan fingerprint density at radius 2 is 2.29 bits per heavy atom. The van der Waals surface area contributed by atoms with Gasteiger partial charge in [-0.15, -0.1) is 10.2 Å². The Hall–Kier alpha value is -1.65. The van der Waals surface area contributed by atoms with Gasteiger partial charge in [-0.1, -0.05) is 11.3 Å². The van der Waals surface area contributed by atoms with Gasteiger partial charge < -0.3 is 10.1 Å². The third-order valence-corrected chi connectivity index (χ3v) is 3.24. The fourth-order valence-corrected chi connectivity index (χ4v) is 2.26. The van der Waals surface area contributed by atoms with Crippen LogP contribution in [0.15, 0.2) is 22.1 Å². The molecule has 5 nitrogen and oxygen atoms in total. The van der Waals surface area contributed by atoms with Gasteiger partial charge in [-0.25, -0.2) is 0 Å². The molecule has 2 rings (SSSR count). The van der Waals surface area contributed by atoms with E-state index in [9.17, 15) is 0 Å². The fourth-order valence-electron chi connectivity index (χ4n) is 1.24. The minimum absolute atomic E-state index is 0.547. The second-order valence-corrected chi connectivity index (χ2v) is 5.27. The molecule has 86 valence electrons. The minimum Gasteiger partial charge on any atom is -0.495 e. The summed E-state index contributed by atoms with van der Waals surface area (Å²) in [5.41, 5.74) is 1.29. The second-order valence-electron chi connectivity index (χ2n) is 3.01. The summed E-state index contributed by atoms with van der Waals surface area (Å²) in [6.45, 7) is 0. The first-order valence-corrected chi connectivity index (χ1v) is 6.18. The summed E-state index contributed by atoms with van der Waals surface area (Å²) >= 11 is 4.61. The quantitative estimate of drug-likeness (QED) is 0.943. The van der Waals surface area contributed by atoms with E-state index in [1.807, 2.05) is 0 Å². The first-order chi connectivity index (χ1) is 8.22. The number of hydrogen-bond donors (Lipinski definition) is 1. The lowest BCUT2D eigenvalue weighted by atomic mass is 10.2. The minimum atomic E-state index is 0.547. The largest absolute Gasteiger partial charge is 0.495 e. The van der Waals surface area contributed by atoms with Crippen molar-refractivity contribution in [3.8, 4) is 11.8 Å². The number of nitrogens with zero attached hydrogens (tertiary/aromatic N) is 3. The molecule has 0 saturated carbocycles. The smallest absolute Gasteiger partial charge is 0.211 e. The molecule has 1 N–H and O–H groups in total. The zero-order valence-electron chi connectivity index (χ0n) is 8.77. The van der Waals surface area contributed by atoms with Crippen LogP contribution in [0.4, 0.5) is 10.8 Å². The maximum atomic E-state index is 8.79. The molecule has 0 aliphatic heterocycles. The van der Waals surface area contributed by atoms with Crippen molar-refractivity contribution >= 4 is 38.1 Å². The average molecular weight is 311 g/mol. The molecule has 1 aromatic heterocycles. The van der Waals surface area contributed by atoms with Gasteiger partial charge in [0.05, 0.1) is 24.4 Å². The highest BCUT2D eigenvalue weighted by molar-refractivity contribution is 9.11. The van der Waals surface area contributed by atoms with Crippen LogP contribution < -0.4 is 10.1 Å². The van der Waals surface area contributed by atoms with Crippen molar-refractivity contribution in [3.63, 3.8) is 0 Å². The lowest BCUT2D eigenvalue weighted by Crippen LogP contribution is -1.94. The molecule has 0 aliphatic rings. The highest BCUT2D eigenvalue weighted by atomic mass is 79.9. The number of anilines is 2. The number of benzene rings is 1. The van der Waals surface area contributed by atoms with E-state index in [0.29, 0.717) is 20.4 Å². The Labute approximate surface area is 110 Å². The van der Waals surface area contributed by atoms with Crippen LogP contribution in [0, 0.1) is 11.3 Å². The van der Waals surface area contributed by atoms with Crippen LogP contribution in [0.5, 0.6) is 5.75 Å². The van der Waals surface area contributed by atoms with Crippen LogP contribution in [0.1, 0.15) is 5.56 Å². The zero-order chi connectivity index (χ0) is 12.3. The van der Waals surface area contributed by atoms with Gasteiger partial charge in [-0.3, -0.25) is 0 Å². The summed E-state index contributed by atoms with van der Waals surface area (Å²) in [6.07, 6.45) is 0. The number of halogens is 1. The molecular formula is C10H7BrN4OS. The molecule has 17 heavy (non-hydrogen) atoms. The predicted octanol–water partition coefficient (Wildman–Crippen LogP) is 2.92. The lowest BCUT2D eigenvalue weighted by Gasteiger charge is -2.08. The van der Waals surface area contributed by atoms with E-state index in [1.54, 1.807) is 25.3 Å². The lowest BCUT2D eigenvalue weighted by molar-refractivity contribution is 0.416. The van der Waals surface area contributed by atoms with Gasteiger partial charge in [0.1, 0.15) is 5.75 Å². The molecule has 0 fully saturated rings. The maximum absolute atomic E-state index is 8.79. The molecule has 0 spiro atoms. The molecule has 0 aliphatic carbocycles. The summed E-state index contributed by atoms with van der Waals surface area (Å²) in [7, 11) is 1.55. The van der Waals surface area contributed by atoms with Crippen molar-refractivity contribution < 1.29 is 4.74 Å². The van der Waals surface area contributed by atoms with Gasteiger partial charge in [0.2, 0.25) is 5.13 Å². The standard InChI is InChI=1S/C10H7BrN4OS/c1-16-8-4-6(5-12)2-3-7(8)13-10-15-14-9(11)17-10/h2-4H,1H3,(H,13,15). The second kappa shape index (κ2) is 5.12. The van der Waals surface area contributed by atoms with E-state index in [0.717, 1.165) is 5.69 Å². The molecule has 1 heterocycles. The fraction of sp³-hybridized carbons (Fsp3) is 0.100. The SMILES string of the molecule is COc1cc(C#N)ccc1Nc1nnc(Br)s1. The Morgan fingerprint density at radius 1 is 1.47 bits per heavy atom. The zero-order valence-corrected chi connectivity index (χ0v) is 11.2. The first-order valence-electron chi connectivity index (χ1n) is 4.57. The number of methoxy groups -OCH3 is 1. The van der Waals surface area contributed by atoms with Crippen molar-refractivity contribution in [3.05, 3.63) is 27.7 Å². The summed E-state index contributed by atoms with van der Waals surface area (Å²) < 4.78 is 5.90. The van der Waals surface area contributed by atoms with Crippen molar-refractivity contribution in [2.75, 3.05) is 12.4 Å². The molecular weight excluding hydrogens is 304 g/mol. The summed E-state index contributed by atoms with van der Waals surface area (Å²) in [6, 6.07) is 7.20. The van der Waals surface area contributed by atoms with Gasteiger partial charge >= 0.3 is 0 Å². The van der Waals surface area contributed by atoms with E-state index < -0.39 is 0 Å². The molecule has 0 atom stereocenters. The Bertz CT molecular complexity index is 578. The van der Waals surface area contributed by atoms with Gasteiger partial charge in [-0.2, -0.15) is 5.26 Å². The highest BCUT2D eigenvalue weighted by Crippen LogP contribution is 2.30. The normalized spacial score (nSPS) is 9.71. The van der Waals surface area contributed by atoms with Crippen molar-refractivity contribution in [2.45, 2.75) is 0 Å². The number of rotatable bonds is 3. The predicted molar refractivity (Wildman–Crippen MR) is 68.6 cm³/mol. The van der Waals surface area contributed by atoms with Crippen LogP contribution in [-0.2, 0) is 0 Å². The topological polar surface area (TPSA) is 70.8 Å². The summed E-state index contributed by atoms with van der Waals surface area (Å²) in [4.78, 5) is 0. The Morgan fingerprint density at radius 3 is 2.88 bits per heavy atom. The Balaban J connectivity index is 2.30. The van der Waals surface area contributed by atoms with E-state index in [-0.39, 0.29) is 0 Å². The number of nitriles is 1. The van der Waals surface area contributed by atoms with Crippen LogP contribution in [-0.4, -0.2) is 17.3 Å². The molecule has 7 heteroatoms. The van der Waals surface area contributed by atoms with Crippen LogP contribution in [0.3, 0.4) is 0 Å². The number of aromatic nitrogens is 2. The van der Waals surface area contributed by atoms with Crippen LogP contribution in [0.2, 0.25) is 0 Å².